The van der Waals surface area contributed by atoms with Crippen LogP contribution in [0.1, 0.15) is 15.9 Å². The van der Waals surface area contributed by atoms with Crippen molar-refractivity contribution in [2.24, 2.45) is 0 Å². The molecule has 3 heterocycles. The zero-order chi connectivity index (χ0) is 25.2. The summed E-state index contributed by atoms with van der Waals surface area (Å²) >= 11 is 5.99. The topological polar surface area (TPSA) is 99.2 Å². The van der Waals surface area contributed by atoms with Crippen LogP contribution in [0.25, 0.3) is 28.0 Å². The molecule has 1 N–H and O–H groups in total. The summed E-state index contributed by atoms with van der Waals surface area (Å²) in [6.07, 6.45) is 4.49. The van der Waals surface area contributed by atoms with Gasteiger partial charge in [-0.15, -0.1) is 0 Å². The van der Waals surface area contributed by atoms with Crippen LogP contribution in [-0.4, -0.2) is 32.5 Å². The Balaban J connectivity index is 1.67. The van der Waals surface area contributed by atoms with Crippen molar-refractivity contribution in [2.75, 3.05) is 12.1 Å². The van der Waals surface area contributed by atoms with Crippen LogP contribution in [0, 0.1) is 17.1 Å². The van der Waals surface area contributed by atoms with E-state index < -0.39 is 11.7 Å². The fraction of sp³-hybridized carbons (Fsp3) is 0.0385. The molecule has 5 rings (SSSR count). The average Bonchev–Trinajstić information content (AvgIpc) is 3.33. The van der Waals surface area contributed by atoms with E-state index in [-0.39, 0.29) is 21.8 Å². The molecule has 0 atom stereocenters. The van der Waals surface area contributed by atoms with Gasteiger partial charge in [0, 0.05) is 41.2 Å². The lowest BCUT2D eigenvalue weighted by molar-refractivity contribution is 0.0952. The summed E-state index contributed by atoms with van der Waals surface area (Å²) in [5.74, 6) is -0.518. The molecule has 0 saturated carbocycles. The predicted molar refractivity (Wildman–Crippen MR) is 134 cm³/mol. The number of amides is 1. The van der Waals surface area contributed by atoms with Gasteiger partial charge < -0.3 is 0 Å². The van der Waals surface area contributed by atoms with Crippen molar-refractivity contribution in [2.45, 2.75) is 0 Å². The molecule has 0 bridgehead atoms. The third-order valence-corrected chi connectivity index (χ3v) is 5.79. The number of benzene rings is 2. The number of hydrogen-bond donors (Lipinski definition) is 1. The number of carbonyl (C=O) groups excluding carboxylic acids is 1. The van der Waals surface area contributed by atoms with E-state index in [0.29, 0.717) is 28.2 Å². The maximum atomic E-state index is 15.2. The van der Waals surface area contributed by atoms with Crippen molar-refractivity contribution in [1.29, 1.82) is 5.26 Å². The normalized spacial score (nSPS) is 10.7. The highest BCUT2D eigenvalue weighted by atomic mass is 35.5. The quantitative estimate of drug-likeness (QED) is 0.347. The second-order valence-electron chi connectivity index (χ2n) is 7.78. The van der Waals surface area contributed by atoms with Crippen molar-refractivity contribution in [1.82, 2.24) is 25.0 Å². The van der Waals surface area contributed by atoms with Gasteiger partial charge in [-0.3, -0.25) is 15.2 Å². The minimum Gasteiger partial charge on any atom is -0.271 e. The van der Waals surface area contributed by atoms with Crippen molar-refractivity contribution < 1.29 is 9.18 Å². The van der Waals surface area contributed by atoms with E-state index in [0.717, 1.165) is 0 Å². The van der Waals surface area contributed by atoms with Crippen LogP contribution < -0.4 is 10.4 Å². The molecular formula is C26H17ClFN7O. The van der Waals surface area contributed by atoms with Gasteiger partial charge in [-0.1, -0.05) is 35.9 Å². The smallest absolute Gasteiger partial charge is 0.271 e. The minimum absolute atomic E-state index is 0.175. The van der Waals surface area contributed by atoms with Crippen molar-refractivity contribution in [3.8, 4) is 28.5 Å². The Bertz CT molecular complexity index is 1650. The summed E-state index contributed by atoms with van der Waals surface area (Å²) in [4.78, 5) is 21.8. The number of halogens is 2. The summed E-state index contributed by atoms with van der Waals surface area (Å²) in [6.45, 7) is 0. The van der Waals surface area contributed by atoms with Gasteiger partial charge in [0.05, 0.1) is 23.5 Å². The summed E-state index contributed by atoms with van der Waals surface area (Å²) in [7, 11) is 1.66. The van der Waals surface area contributed by atoms with Gasteiger partial charge in [0.2, 0.25) is 0 Å². The highest BCUT2D eigenvalue weighted by Crippen LogP contribution is 2.36. The van der Waals surface area contributed by atoms with Gasteiger partial charge >= 0.3 is 0 Å². The van der Waals surface area contributed by atoms with Crippen molar-refractivity contribution >= 4 is 29.0 Å². The molecule has 176 valence electrons. The van der Waals surface area contributed by atoms with Gasteiger partial charge in [-0.2, -0.15) is 10.4 Å². The molecule has 0 unspecified atom stereocenters. The highest BCUT2D eigenvalue weighted by molar-refractivity contribution is 6.30. The van der Waals surface area contributed by atoms with E-state index in [9.17, 15) is 10.1 Å². The largest absolute Gasteiger partial charge is 0.275 e. The number of hydrogen-bond acceptors (Lipinski definition) is 6. The molecule has 0 aliphatic carbocycles. The number of anilines is 1. The highest BCUT2D eigenvalue weighted by Gasteiger charge is 2.23. The molecule has 0 aliphatic heterocycles. The number of hydrazine groups is 1. The Morgan fingerprint density at radius 3 is 2.61 bits per heavy atom. The molecule has 2 aromatic carbocycles. The van der Waals surface area contributed by atoms with Gasteiger partial charge in [-0.05, 0) is 36.4 Å². The predicted octanol–water partition coefficient (Wildman–Crippen LogP) is 4.90. The first-order valence-corrected chi connectivity index (χ1v) is 11.1. The van der Waals surface area contributed by atoms with E-state index in [1.54, 1.807) is 61.8 Å². The number of pyridine rings is 1. The minimum atomic E-state index is -0.581. The van der Waals surface area contributed by atoms with E-state index in [1.807, 2.05) is 0 Å². The van der Waals surface area contributed by atoms with Crippen molar-refractivity contribution in [3.05, 3.63) is 101 Å². The van der Waals surface area contributed by atoms with E-state index in [2.05, 4.69) is 26.6 Å². The maximum absolute atomic E-state index is 15.2. The fourth-order valence-electron chi connectivity index (χ4n) is 3.87. The number of nitrogens with zero attached hydrogens (tertiary/aromatic N) is 6. The number of rotatable bonds is 5. The molecule has 8 nitrogen and oxygen atoms in total. The number of aromatic nitrogens is 4. The average molecular weight is 498 g/mol. The summed E-state index contributed by atoms with van der Waals surface area (Å²) in [5, 5.41) is 15.7. The summed E-state index contributed by atoms with van der Waals surface area (Å²) < 4.78 is 16.6. The van der Waals surface area contributed by atoms with Gasteiger partial charge in [0.25, 0.3) is 5.91 Å². The third kappa shape index (κ3) is 4.10. The van der Waals surface area contributed by atoms with E-state index in [1.165, 1.54) is 34.1 Å². The number of fused-ring (bicyclic) bond motifs is 1. The second kappa shape index (κ2) is 9.44. The monoisotopic (exact) mass is 497 g/mol. The Morgan fingerprint density at radius 2 is 1.86 bits per heavy atom. The molecule has 0 fully saturated rings. The Hall–Kier alpha value is -4.81. The SMILES string of the molecule is CN(NC(=O)c1cnn2c(-c3ccc(Cl)cc3F)c(-c3ccccc3C#N)cnc12)c1ccccn1. The molecule has 1 amide bonds. The molecular weight excluding hydrogens is 481 g/mol. The summed E-state index contributed by atoms with van der Waals surface area (Å²) in [5.41, 5.74) is 5.05. The van der Waals surface area contributed by atoms with Crippen LogP contribution in [0.4, 0.5) is 10.2 Å². The molecule has 36 heavy (non-hydrogen) atoms. The van der Waals surface area contributed by atoms with Gasteiger partial charge in [0.15, 0.2) is 5.65 Å². The molecule has 0 aliphatic rings. The van der Waals surface area contributed by atoms with Crippen molar-refractivity contribution in [3.63, 3.8) is 0 Å². The maximum Gasteiger partial charge on any atom is 0.275 e. The number of nitriles is 1. The van der Waals surface area contributed by atoms with Crippen LogP contribution in [0.15, 0.2) is 79.3 Å². The standard InChI is InChI=1S/C26H17ClFN7O/c1-34(23-8-4-5-11-30-23)33-26(36)21-15-32-35-24(19-10-9-17(27)12-22(19)28)20(14-31-25(21)35)18-7-3-2-6-16(18)13-29/h2-12,14-15H,1H3,(H,33,36). The van der Waals surface area contributed by atoms with Crippen LogP contribution in [-0.2, 0) is 0 Å². The molecule has 0 spiro atoms. The van der Waals surface area contributed by atoms with Gasteiger partial charge in [0.1, 0.15) is 17.2 Å². The first-order chi connectivity index (χ1) is 17.5. The van der Waals surface area contributed by atoms with Crippen LogP contribution in [0.3, 0.4) is 0 Å². The van der Waals surface area contributed by atoms with E-state index >= 15 is 4.39 Å². The Kier molecular flexibility index (Phi) is 6.02. The molecule has 3 aromatic heterocycles. The van der Waals surface area contributed by atoms with Gasteiger partial charge in [-0.25, -0.2) is 18.9 Å². The molecule has 0 saturated heterocycles. The number of carbonyl (C=O) groups is 1. The molecule has 0 radical (unpaired) electrons. The second-order valence-corrected chi connectivity index (χ2v) is 8.22. The molecule has 5 aromatic rings. The lowest BCUT2D eigenvalue weighted by Gasteiger charge is -2.18. The Labute approximate surface area is 210 Å². The van der Waals surface area contributed by atoms with Crippen LogP contribution in [0.5, 0.6) is 0 Å². The zero-order valence-electron chi connectivity index (χ0n) is 18.9. The Morgan fingerprint density at radius 1 is 1.06 bits per heavy atom. The van der Waals surface area contributed by atoms with Crippen LogP contribution >= 0.6 is 11.6 Å². The summed E-state index contributed by atoms with van der Waals surface area (Å²) in [6, 6.07) is 18.7. The lowest BCUT2D eigenvalue weighted by atomic mass is 9.96. The zero-order valence-corrected chi connectivity index (χ0v) is 19.6. The van der Waals surface area contributed by atoms with E-state index in [4.69, 9.17) is 11.6 Å². The van der Waals surface area contributed by atoms with Crippen LogP contribution in [0.2, 0.25) is 5.02 Å². The first-order valence-electron chi connectivity index (χ1n) is 10.8. The third-order valence-electron chi connectivity index (χ3n) is 5.56. The number of nitrogens with one attached hydrogen (secondary N) is 1. The lowest BCUT2D eigenvalue weighted by Crippen LogP contribution is -2.39. The molecule has 10 heteroatoms. The first kappa shape index (κ1) is 23.0. The fourth-order valence-corrected chi connectivity index (χ4v) is 4.02.